The molecule has 1 heterocycles. The fourth-order valence-electron chi connectivity index (χ4n) is 2.69. The maximum absolute atomic E-state index is 12.3. The Labute approximate surface area is 167 Å². The van der Waals surface area contributed by atoms with Crippen LogP contribution >= 0.6 is 28.1 Å². The first kappa shape index (κ1) is 20.5. The summed E-state index contributed by atoms with van der Waals surface area (Å²) < 4.78 is 17.3. The lowest BCUT2D eigenvalue weighted by molar-refractivity contribution is -0.136. The van der Waals surface area contributed by atoms with Gasteiger partial charge in [0.05, 0.1) is 36.4 Å². The van der Waals surface area contributed by atoms with Gasteiger partial charge in [-0.2, -0.15) is 0 Å². The Morgan fingerprint density at radius 1 is 1.31 bits per heavy atom. The van der Waals surface area contributed by atoms with Crippen molar-refractivity contribution in [3.05, 3.63) is 33.4 Å². The molecule has 1 aliphatic rings. The number of allylic oxidation sites excluding steroid dienone is 1. The SMILES string of the molecule is CCCOc1c(Br)cc([C@H]2NC(=S)NC(C)=C2C(=O)OC)cc1OCC. The second-order valence-electron chi connectivity index (χ2n) is 5.67. The van der Waals surface area contributed by atoms with E-state index in [0.717, 1.165) is 16.5 Å². The van der Waals surface area contributed by atoms with Crippen molar-refractivity contribution in [3.8, 4) is 11.5 Å². The molecule has 0 spiro atoms. The lowest BCUT2D eigenvalue weighted by Gasteiger charge is -2.30. The van der Waals surface area contributed by atoms with Crippen LogP contribution in [0.2, 0.25) is 0 Å². The molecular formula is C18H23BrN2O4S. The van der Waals surface area contributed by atoms with Crippen LogP contribution in [0.15, 0.2) is 27.9 Å². The van der Waals surface area contributed by atoms with Crippen LogP contribution in [0.25, 0.3) is 0 Å². The van der Waals surface area contributed by atoms with Crippen molar-refractivity contribution in [3.63, 3.8) is 0 Å². The van der Waals surface area contributed by atoms with Gasteiger partial charge in [-0.3, -0.25) is 0 Å². The number of rotatable bonds is 7. The highest BCUT2D eigenvalue weighted by molar-refractivity contribution is 9.10. The van der Waals surface area contributed by atoms with E-state index in [-0.39, 0.29) is 0 Å². The zero-order chi connectivity index (χ0) is 19.3. The second kappa shape index (κ2) is 9.23. The van der Waals surface area contributed by atoms with Crippen molar-refractivity contribution in [2.45, 2.75) is 33.2 Å². The van der Waals surface area contributed by atoms with Crippen LogP contribution in [0.3, 0.4) is 0 Å². The number of hydrogen-bond acceptors (Lipinski definition) is 5. The molecule has 0 saturated heterocycles. The third-order valence-electron chi connectivity index (χ3n) is 3.79. The predicted octanol–water partition coefficient (Wildman–Crippen LogP) is 3.60. The Morgan fingerprint density at radius 2 is 2.04 bits per heavy atom. The van der Waals surface area contributed by atoms with E-state index in [9.17, 15) is 4.79 Å². The van der Waals surface area contributed by atoms with E-state index in [1.807, 2.05) is 26.0 Å². The van der Waals surface area contributed by atoms with Crippen LogP contribution in [0.1, 0.15) is 38.8 Å². The van der Waals surface area contributed by atoms with Gasteiger partial charge < -0.3 is 24.8 Å². The van der Waals surface area contributed by atoms with Gasteiger partial charge in [-0.05, 0) is 66.1 Å². The van der Waals surface area contributed by atoms with Crippen LogP contribution in [0, 0.1) is 0 Å². The molecule has 1 aromatic rings. The van der Waals surface area contributed by atoms with Gasteiger partial charge in [-0.25, -0.2) is 4.79 Å². The normalized spacial score (nSPS) is 16.7. The van der Waals surface area contributed by atoms with Crippen molar-refractivity contribution < 1.29 is 19.0 Å². The minimum atomic E-state index is -0.452. The predicted molar refractivity (Wildman–Crippen MR) is 107 cm³/mol. The molecule has 0 unspecified atom stereocenters. The minimum absolute atomic E-state index is 0.421. The third-order valence-corrected chi connectivity index (χ3v) is 4.60. The van der Waals surface area contributed by atoms with Gasteiger partial charge in [0.2, 0.25) is 0 Å². The highest BCUT2D eigenvalue weighted by Gasteiger charge is 2.31. The Bertz CT molecular complexity index is 736. The van der Waals surface area contributed by atoms with E-state index in [1.165, 1.54) is 7.11 Å². The lowest BCUT2D eigenvalue weighted by Crippen LogP contribution is -2.45. The van der Waals surface area contributed by atoms with Gasteiger partial charge in [0, 0.05) is 5.70 Å². The highest BCUT2D eigenvalue weighted by Crippen LogP contribution is 2.40. The Morgan fingerprint density at radius 3 is 2.65 bits per heavy atom. The number of nitrogens with one attached hydrogen (secondary N) is 2. The molecular weight excluding hydrogens is 420 g/mol. The molecule has 2 N–H and O–H groups in total. The number of benzene rings is 1. The fraction of sp³-hybridized carbons (Fsp3) is 0.444. The Hall–Kier alpha value is -1.80. The number of ether oxygens (including phenoxy) is 3. The van der Waals surface area contributed by atoms with E-state index in [1.54, 1.807) is 6.92 Å². The molecule has 0 aromatic heterocycles. The second-order valence-corrected chi connectivity index (χ2v) is 6.94. The lowest BCUT2D eigenvalue weighted by atomic mass is 9.95. The number of carbonyl (C=O) groups is 1. The van der Waals surface area contributed by atoms with Crippen LogP contribution in [-0.4, -0.2) is 31.4 Å². The molecule has 1 aliphatic heterocycles. The van der Waals surface area contributed by atoms with Crippen molar-refractivity contribution in [1.82, 2.24) is 10.6 Å². The number of thiocarbonyl (C=S) groups is 1. The smallest absolute Gasteiger partial charge is 0.337 e. The zero-order valence-corrected chi connectivity index (χ0v) is 17.7. The van der Waals surface area contributed by atoms with E-state index >= 15 is 0 Å². The van der Waals surface area contributed by atoms with Crippen molar-refractivity contribution >= 4 is 39.2 Å². The number of hydrogen-bond donors (Lipinski definition) is 2. The molecule has 0 aliphatic carbocycles. The molecule has 0 bridgehead atoms. The van der Waals surface area contributed by atoms with Crippen LogP contribution in [0.4, 0.5) is 0 Å². The summed E-state index contributed by atoms with van der Waals surface area (Å²) in [5, 5.41) is 6.55. The fourth-order valence-corrected chi connectivity index (χ4v) is 3.53. The molecule has 26 heavy (non-hydrogen) atoms. The quantitative estimate of drug-likeness (QED) is 0.493. The van der Waals surface area contributed by atoms with Gasteiger partial charge in [0.15, 0.2) is 16.6 Å². The van der Waals surface area contributed by atoms with Crippen LogP contribution in [0.5, 0.6) is 11.5 Å². The summed E-state index contributed by atoms with van der Waals surface area (Å²) >= 11 is 8.82. The molecule has 1 atom stereocenters. The molecule has 0 fully saturated rings. The number of carbonyl (C=O) groups excluding carboxylic acids is 1. The van der Waals surface area contributed by atoms with Gasteiger partial charge in [-0.15, -0.1) is 0 Å². The number of halogens is 1. The topological polar surface area (TPSA) is 68.8 Å². The summed E-state index contributed by atoms with van der Waals surface area (Å²) in [5.74, 6) is 0.836. The molecule has 0 saturated carbocycles. The average molecular weight is 443 g/mol. The van der Waals surface area contributed by atoms with E-state index in [0.29, 0.717) is 41.1 Å². The van der Waals surface area contributed by atoms with Gasteiger partial charge in [0.1, 0.15) is 0 Å². The standard InChI is InChI=1S/C18H23BrN2O4S/c1-5-7-25-16-12(19)8-11(9-13(16)24-6-2)15-14(17(22)23-4)10(3)20-18(26)21-15/h8-9,15H,5-7H2,1-4H3,(H2,20,21,26)/t15-/m1/s1. The molecule has 142 valence electrons. The average Bonchev–Trinajstić information content (AvgIpc) is 2.60. The molecule has 0 amide bonds. The first-order valence-corrected chi connectivity index (χ1v) is 9.58. The number of methoxy groups -OCH3 is 1. The summed E-state index contributed by atoms with van der Waals surface area (Å²) in [7, 11) is 1.36. The maximum atomic E-state index is 12.3. The molecule has 8 heteroatoms. The Kier molecular flexibility index (Phi) is 7.28. The number of esters is 1. The molecule has 1 aromatic carbocycles. The summed E-state index contributed by atoms with van der Waals surface area (Å²) in [5.41, 5.74) is 1.94. The largest absolute Gasteiger partial charge is 0.490 e. The summed E-state index contributed by atoms with van der Waals surface area (Å²) in [6.45, 7) is 6.82. The van der Waals surface area contributed by atoms with E-state index < -0.39 is 12.0 Å². The van der Waals surface area contributed by atoms with Gasteiger partial charge in [-0.1, -0.05) is 6.92 Å². The van der Waals surface area contributed by atoms with Crippen LogP contribution in [-0.2, 0) is 9.53 Å². The van der Waals surface area contributed by atoms with Crippen LogP contribution < -0.4 is 20.1 Å². The van der Waals surface area contributed by atoms with Crippen molar-refractivity contribution in [2.24, 2.45) is 0 Å². The van der Waals surface area contributed by atoms with Gasteiger partial charge in [0.25, 0.3) is 0 Å². The third kappa shape index (κ3) is 4.48. The molecule has 6 nitrogen and oxygen atoms in total. The van der Waals surface area contributed by atoms with Crippen molar-refractivity contribution in [1.29, 1.82) is 0 Å². The van der Waals surface area contributed by atoms with Crippen molar-refractivity contribution in [2.75, 3.05) is 20.3 Å². The van der Waals surface area contributed by atoms with E-state index in [2.05, 4.69) is 26.6 Å². The molecule has 0 radical (unpaired) electrons. The first-order chi connectivity index (χ1) is 12.4. The van der Waals surface area contributed by atoms with E-state index in [4.69, 9.17) is 26.4 Å². The summed E-state index contributed by atoms with van der Waals surface area (Å²) in [6, 6.07) is 3.31. The molecule has 2 rings (SSSR count). The Balaban J connectivity index is 2.53. The summed E-state index contributed by atoms with van der Waals surface area (Å²) in [6.07, 6.45) is 0.887. The summed E-state index contributed by atoms with van der Waals surface area (Å²) in [4.78, 5) is 12.3. The highest BCUT2D eigenvalue weighted by atomic mass is 79.9. The maximum Gasteiger partial charge on any atom is 0.337 e. The monoisotopic (exact) mass is 442 g/mol. The zero-order valence-electron chi connectivity index (χ0n) is 15.3. The minimum Gasteiger partial charge on any atom is -0.490 e. The first-order valence-electron chi connectivity index (χ1n) is 8.38. The van der Waals surface area contributed by atoms with Gasteiger partial charge >= 0.3 is 5.97 Å².